The monoisotopic (exact) mass is 219 g/mol. The van der Waals surface area contributed by atoms with Crippen molar-refractivity contribution in [3.05, 3.63) is 35.4 Å². The summed E-state index contributed by atoms with van der Waals surface area (Å²) in [5, 5.41) is 8.79. The number of benzene rings is 1. The van der Waals surface area contributed by atoms with Crippen LogP contribution in [0, 0.1) is 0 Å². The highest BCUT2D eigenvalue weighted by molar-refractivity contribution is 5.73. The van der Waals surface area contributed by atoms with Crippen molar-refractivity contribution in [3.8, 4) is 0 Å². The lowest BCUT2D eigenvalue weighted by molar-refractivity contribution is 0.241. The minimum absolute atomic E-state index is 0.134. The van der Waals surface area contributed by atoms with E-state index in [9.17, 15) is 4.79 Å². The number of rotatable bonds is 2. The predicted molar refractivity (Wildman–Crippen MR) is 63.3 cm³/mol. The number of carbonyl (C=O) groups is 1. The van der Waals surface area contributed by atoms with Crippen LogP contribution in [0.3, 0.4) is 0 Å². The first-order chi connectivity index (χ1) is 7.81. The lowest BCUT2D eigenvalue weighted by atomic mass is 9.94. The van der Waals surface area contributed by atoms with E-state index in [4.69, 9.17) is 0 Å². The van der Waals surface area contributed by atoms with Gasteiger partial charge in [-0.3, -0.25) is 0 Å². The van der Waals surface area contributed by atoms with Gasteiger partial charge in [0.05, 0.1) is 0 Å². The van der Waals surface area contributed by atoms with Crippen LogP contribution in [0.5, 0.6) is 0 Å². The molecular weight excluding hydrogens is 202 g/mol. The summed E-state index contributed by atoms with van der Waals surface area (Å²) in [6.45, 7) is 1.59. The van der Waals surface area contributed by atoms with Gasteiger partial charge in [0.2, 0.25) is 0 Å². The van der Waals surface area contributed by atoms with Gasteiger partial charge in [0.15, 0.2) is 0 Å². The lowest BCUT2D eigenvalue weighted by Gasteiger charge is -2.27. The molecule has 4 nitrogen and oxygen atoms in total. The summed E-state index contributed by atoms with van der Waals surface area (Å²) in [5.41, 5.74) is 2.68. The van der Waals surface area contributed by atoms with Crippen LogP contribution in [0.25, 0.3) is 0 Å². The van der Waals surface area contributed by atoms with Crippen molar-refractivity contribution in [3.63, 3.8) is 0 Å². The van der Waals surface area contributed by atoms with E-state index in [0.717, 1.165) is 13.0 Å². The molecule has 1 aromatic rings. The van der Waals surface area contributed by atoms with Crippen LogP contribution in [-0.2, 0) is 6.42 Å². The summed E-state index contributed by atoms with van der Waals surface area (Å²) < 4.78 is 0. The maximum Gasteiger partial charge on any atom is 0.314 e. The zero-order valence-electron chi connectivity index (χ0n) is 9.42. The van der Waals surface area contributed by atoms with Crippen molar-refractivity contribution in [2.24, 2.45) is 0 Å². The van der Waals surface area contributed by atoms with Gasteiger partial charge in [-0.1, -0.05) is 24.3 Å². The van der Waals surface area contributed by atoms with Crippen molar-refractivity contribution < 1.29 is 4.79 Å². The minimum Gasteiger partial charge on any atom is -0.341 e. The Balaban J connectivity index is 2.04. The summed E-state index contributed by atoms with van der Waals surface area (Å²) >= 11 is 0. The third-order valence-corrected chi connectivity index (χ3v) is 2.91. The molecule has 0 aliphatic carbocycles. The molecule has 0 fully saturated rings. The number of fused-ring (bicyclic) bond motifs is 1. The molecule has 1 atom stereocenters. The number of carbonyl (C=O) groups excluding carboxylic acids is 1. The molecule has 1 aliphatic rings. The molecule has 0 unspecified atom stereocenters. The largest absolute Gasteiger partial charge is 0.341 e. The standard InChI is InChI=1S/C12H17N3O/c1-13-12(16)15-8-11-10-5-3-2-4-9(10)6-7-14-11/h2-5,11,14H,6-8H2,1H3,(H2,13,15,16)/t11-/m0/s1. The Morgan fingerprint density at radius 2 is 2.31 bits per heavy atom. The van der Waals surface area contributed by atoms with E-state index >= 15 is 0 Å². The summed E-state index contributed by atoms with van der Waals surface area (Å²) in [5.74, 6) is 0. The number of urea groups is 1. The average molecular weight is 219 g/mol. The Morgan fingerprint density at radius 1 is 1.50 bits per heavy atom. The number of hydrogen-bond donors (Lipinski definition) is 3. The van der Waals surface area contributed by atoms with Crippen molar-refractivity contribution >= 4 is 6.03 Å². The van der Waals surface area contributed by atoms with Gasteiger partial charge in [0.1, 0.15) is 0 Å². The van der Waals surface area contributed by atoms with Gasteiger partial charge < -0.3 is 16.0 Å². The average Bonchev–Trinajstić information content (AvgIpc) is 2.35. The third kappa shape index (κ3) is 2.33. The fourth-order valence-corrected chi connectivity index (χ4v) is 2.06. The molecule has 1 heterocycles. The molecule has 0 spiro atoms. The van der Waals surface area contributed by atoms with Crippen LogP contribution in [0.4, 0.5) is 4.79 Å². The van der Waals surface area contributed by atoms with E-state index in [-0.39, 0.29) is 12.1 Å². The first-order valence-corrected chi connectivity index (χ1v) is 5.58. The van der Waals surface area contributed by atoms with Gasteiger partial charge in [0, 0.05) is 19.6 Å². The first-order valence-electron chi connectivity index (χ1n) is 5.58. The predicted octanol–water partition coefficient (Wildman–Crippen LogP) is 0.802. The van der Waals surface area contributed by atoms with Gasteiger partial charge in [-0.05, 0) is 24.1 Å². The Kier molecular flexibility index (Phi) is 3.41. The number of amides is 2. The molecule has 16 heavy (non-hydrogen) atoms. The maximum atomic E-state index is 11.1. The van der Waals surface area contributed by atoms with Gasteiger partial charge in [-0.2, -0.15) is 0 Å². The van der Waals surface area contributed by atoms with Gasteiger partial charge >= 0.3 is 6.03 Å². The highest BCUT2D eigenvalue weighted by atomic mass is 16.2. The zero-order valence-corrected chi connectivity index (χ0v) is 9.42. The Labute approximate surface area is 95.4 Å². The van der Waals surface area contributed by atoms with E-state index in [1.54, 1.807) is 7.05 Å². The Bertz CT molecular complexity index is 378. The molecular formula is C12H17N3O. The van der Waals surface area contributed by atoms with Gasteiger partial charge in [-0.15, -0.1) is 0 Å². The van der Waals surface area contributed by atoms with Crippen molar-refractivity contribution in [1.29, 1.82) is 0 Å². The fraction of sp³-hybridized carbons (Fsp3) is 0.417. The second-order valence-electron chi connectivity index (χ2n) is 3.92. The molecule has 2 rings (SSSR count). The van der Waals surface area contributed by atoms with E-state index in [2.05, 4.69) is 34.1 Å². The highest BCUT2D eigenvalue weighted by Gasteiger charge is 2.18. The summed E-state index contributed by atoms with van der Waals surface area (Å²) in [7, 11) is 1.62. The molecule has 0 aromatic heterocycles. The minimum atomic E-state index is -0.134. The molecule has 0 bridgehead atoms. The molecule has 4 heteroatoms. The zero-order chi connectivity index (χ0) is 11.4. The molecule has 2 amide bonds. The van der Waals surface area contributed by atoms with Crippen LogP contribution in [-0.4, -0.2) is 26.2 Å². The van der Waals surface area contributed by atoms with E-state index < -0.39 is 0 Å². The summed E-state index contributed by atoms with van der Waals surface area (Å²) in [6, 6.07) is 8.47. The SMILES string of the molecule is CNC(=O)NC[C@@H]1NCCc2ccccc21. The number of nitrogens with one attached hydrogen (secondary N) is 3. The maximum absolute atomic E-state index is 11.1. The van der Waals surface area contributed by atoms with Crippen molar-refractivity contribution in [2.75, 3.05) is 20.1 Å². The second kappa shape index (κ2) is 4.99. The molecule has 1 aromatic carbocycles. The van der Waals surface area contributed by atoms with Crippen molar-refractivity contribution in [2.45, 2.75) is 12.5 Å². The summed E-state index contributed by atoms with van der Waals surface area (Å²) in [4.78, 5) is 11.1. The third-order valence-electron chi connectivity index (χ3n) is 2.91. The quantitative estimate of drug-likeness (QED) is 0.689. The fourth-order valence-electron chi connectivity index (χ4n) is 2.06. The molecule has 0 saturated heterocycles. The van der Waals surface area contributed by atoms with E-state index in [1.165, 1.54) is 11.1 Å². The van der Waals surface area contributed by atoms with E-state index in [0.29, 0.717) is 6.54 Å². The Hall–Kier alpha value is -1.55. The smallest absolute Gasteiger partial charge is 0.314 e. The van der Waals surface area contributed by atoms with E-state index in [1.807, 2.05) is 6.07 Å². The van der Waals surface area contributed by atoms with Crippen LogP contribution < -0.4 is 16.0 Å². The molecule has 0 radical (unpaired) electrons. The highest BCUT2D eigenvalue weighted by Crippen LogP contribution is 2.21. The molecule has 86 valence electrons. The lowest BCUT2D eigenvalue weighted by Crippen LogP contribution is -2.41. The normalized spacial score (nSPS) is 18.7. The molecule has 3 N–H and O–H groups in total. The van der Waals surface area contributed by atoms with Gasteiger partial charge in [-0.25, -0.2) is 4.79 Å². The summed E-state index contributed by atoms with van der Waals surface area (Å²) in [6.07, 6.45) is 1.06. The molecule has 1 aliphatic heterocycles. The first kappa shape index (κ1) is 11.0. The van der Waals surface area contributed by atoms with Crippen LogP contribution in [0.15, 0.2) is 24.3 Å². The second-order valence-corrected chi connectivity index (χ2v) is 3.92. The molecule has 0 saturated carbocycles. The van der Waals surface area contributed by atoms with Gasteiger partial charge in [0.25, 0.3) is 0 Å². The van der Waals surface area contributed by atoms with Crippen LogP contribution in [0.2, 0.25) is 0 Å². The topological polar surface area (TPSA) is 53.2 Å². The Morgan fingerprint density at radius 3 is 3.12 bits per heavy atom. The van der Waals surface area contributed by atoms with Crippen LogP contribution in [0.1, 0.15) is 17.2 Å². The van der Waals surface area contributed by atoms with Crippen LogP contribution >= 0.6 is 0 Å². The number of hydrogen-bond acceptors (Lipinski definition) is 2. The van der Waals surface area contributed by atoms with Crippen molar-refractivity contribution in [1.82, 2.24) is 16.0 Å².